The van der Waals surface area contributed by atoms with E-state index in [4.69, 9.17) is 9.84 Å². The highest BCUT2D eigenvalue weighted by Crippen LogP contribution is 2.12. The third-order valence-corrected chi connectivity index (χ3v) is 3.38. The Bertz CT molecular complexity index is 578. The van der Waals surface area contributed by atoms with Crippen LogP contribution >= 0.6 is 11.3 Å². The average Bonchev–Trinajstić information content (AvgIpc) is 2.94. The maximum atomic E-state index is 11.1. The number of thiazole rings is 1. The zero-order valence-electron chi connectivity index (χ0n) is 10.7. The summed E-state index contributed by atoms with van der Waals surface area (Å²) in [5, 5.41) is 19.6. The predicted molar refractivity (Wildman–Crippen MR) is 68.5 cm³/mol. The van der Waals surface area contributed by atoms with Crippen LogP contribution in [0.4, 0.5) is 0 Å². The topological polar surface area (TPSA) is 90.1 Å². The third-order valence-electron chi connectivity index (χ3n) is 2.56. The predicted octanol–water partition coefficient (Wildman–Crippen LogP) is 0.978. The lowest BCUT2D eigenvalue weighted by molar-refractivity contribution is 0.0688. The molecule has 0 aliphatic rings. The normalized spacial score (nSPS) is 10.8. The van der Waals surface area contributed by atoms with Crippen LogP contribution < -0.4 is 0 Å². The summed E-state index contributed by atoms with van der Waals surface area (Å²) in [5.41, 5.74) is 1.38. The van der Waals surface area contributed by atoms with E-state index in [2.05, 4.69) is 15.3 Å². The highest BCUT2D eigenvalue weighted by atomic mass is 32.1. The highest BCUT2D eigenvalue weighted by molar-refractivity contribution is 7.09. The number of ether oxygens (including phenoxy) is 1. The van der Waals surface area contributed by atoms with Crippen LogP contribution in [0.1, 0.15) is 26.9 Å². The maximum Gasteiger partial charge on any atom is 0.358 e. The summed E-state index contributed by atoms with van der Waals surface area (Å²) >= 11 is 1.55. The number of carboxylic acid groups (broad SMARTS) is 1. The van der Waals surface area contributed by atoms with E-state index >= 15 is 0 Å². The molecule has 0 unspecified atom stereocenters. The lowest BCUT2D eigenvalue weighted by Crippen LogP contribution is -2.12. The van der Waals surface area contributed by atoms with E-state index in [1.165, 1.54) is 0 Å². The van der Waals surface area contributed by atoms with Gasteiger partial charge in [0.15, 0.2) is 5.69 Å². The molecule has 0 aliphatic carbocycles. The van der Waals surface area contributed by atoms with Crippen LogP contribution in [0.25, 0.3) is 0 Å². The number of aryl methyl sites for hydroxylation is 1. The first-order valence-electron chi connectivity index (χ1n) is 5.67. The molecule has 0 aromatic carbocycles. The van der Waals surface area contributed by atoms with Gasteiger partial charge in [0.05, 0.1) is 29.5 Å². The fourth-order valence-electron chi connectivity index (χ4n) is 1.71. The minimum Gasteiger partial charge on any atom is -0.476 e. The SMILES string of the molecule is COCCc1c(C(=O)O)nnn1Cc1csc(C)n1. The van der Waals surface area contributed by atoms with E-state index in [1.807, 2.05) is 12.3 Å². The summed E-state index contributed by atoms with van der Waals surface area (Å²) in [7, 11) is 1.57. The van der Waals surface area contributed by atoms with Crippen molar-refractivity contribution in [3.63, 3.8) is 0 Å². The molecule has 2 aromatic heterocycles. The first-order chi connectivity index (χ1) is 9.11. The van der Waals surface area contributed by atoms with Gasteiger partial charge in [-0.15, -0.1) is 16.4 Å². The molecule has 0 fully saturated rings. The number of carbonyl (C=O) groups is 1. The Balaban J connectivity index is 2.26. The van der Waals surface area contributed by atoms with Crippen LogP contribution in [0, 0.1) is 6.92 Å². The smallest absolute Gasteiger partial charge is 0.358 e. The van der Waals surface area contributed by atoms with Crippen LogP contribution in [-0.2, 0) is 17.7 Å². The van der Waals surface area contributed by atoms with Crippen molar-refractivity contribution in [2.75, 3.05) is 13.7 Å². The van der Waals surface area contributed by atoms with Gasteiger partial charge in [-0.05, 0) is 6.92 Å². The Labute approximate surface area is 113 Å². The molecule has 0 saturated carbocycles. The Morgan fingerprint density at radius 3 is 2.95 bits per heavy atom. The van der Waals surface area contributed by atoms with E-state index in [-0.39, 0.29) is 5.69 Å². The van der Waals surface area contributed by atoms with Crippen LogP contribution in [0.5, 0.6) is 0 Å². The summed E-state index contributed by atoms with van der Waals surface area (Å²) in [6, 6.07) is 0. The number of nitrogens with zero attached hydrogens (tertiary/aromatic N) is 4. The summed E-state index contributed by atoms with van der Waals surface area (Å²) in [6.07, 6.45) is 0.453. The van der Waals surface area contributed by atoms with Crippen molar-refractivity contribution >= 4 is 17.3 Å². The second kappa shape index (κ2) is 5.89. The fourth-order valence-corrected chi connectivity index (χ4v) is 2.31. The summed E-state index contributed by atoms with van der Waals surface area (Å²) in [4.78, 5) is 15.4. The number of carboxylic acids is 1. The number of rotatable bonds is 6. The Morgan fingerprint density at radius 1 is 1.58 bits per heavy atom. The first kappa shape index (κ1) is 13.6. The lowest BCUT2D eigenvalue weighted by Gasteiger charge is -2.05. The molecular formula is C11H14N4O3S. The molecule has 2 heterocycles. The quantitative estimate of drug-likeness (QED) is 0.849. The Kier molecular flexibility index (Phi) is 4.23. The van der Waals surface area contributed by atoms with Gasteiger partial charge in [0.1, 0.15) is 0 Å². The minimum absolute atomic E-state index is 0.0241. The third kappa shape index (κ3) is 3.15. The van der Waals surface area contributed by atoms with Gasteiger partial charge >= 0.3 is 5.97 Å². The summed E-state index contributed by atoms with van der Waals surface area (Å²) in [6.45, 7) is 2.76. The van der Waals surface area contributed by atoms with E-state index in [0.717, 1.165) is 10.7 Å². The molecule has 7 nitrogen and oxygen atoms in total. The van der Waals surface area contributed by atoms with Crippen LogP contribution in [-0.4, -0.2) is 44.8 Å². The van der Waals surface area contributed by atoms with Crippen molar-refractivity contribution in [1.29, 1.82) is 0 Å². The van der Waals surface area contributed by atoms with Crippen molar-refractivity contribution in [2.45, 2.75) is 19.9 Å². The van der Waals surface area contributed by atoms with Crippen molar-refractivity contribution in [1.82, 2.24) is 20.0 Å². The standard InChI is InChI=1S/C11H14N4O3S/c1-7-12-8(6-19-7)5-15-9(3-4-18-2)10(11(16)17)13-14-15/h6H,3-5H2,1-2H3,(H,16,17). The van der Waals surface area contributed by atoms with Gasteiger partial charge in [-0.25, -0.2) is 14.5 Å². The second-order valence-corrected chi connectivity index (χ2v) is 5.01. The molecule has 0 radical (unpaired) electrons. The van der Waals surface area contributed by atoms with Gasteiger partial charge in [0.25, 0.3) is 0 Å². The van der Waals surface area contributed by atoms with Crippen molar-refractivity contribution < 1.29 is 14.6 Å². The minimum atomic E-state index is -1.08. The fraction of sp³-hybridized carbons (Fsp3) is 0.455. The number of hydrogen-bond donors (Lipinski definition) is 1. The monoisotopic (exact) mass is 282 g/mol. The van der Waals surface area contributed by atoms with Crippen LogP contribution in [0.3, 0.4) is 0 Å². The second-order valence-electron chi connectivity index (χ2n) is 3.95. The molecule has 0 amide bonds. The maximum absolute atomic E-state index is 11.1. The average molecular weight is 282 g/mol. The molecule has 0 aliphatic heterocycles. The Morgan fingerprint density at radius 2 is 2.37 bits per heavy atom. The zero-order valence-corrected chi connectivity index (χ0v) is 11.5. The Hall–Kier alpha value is -1.80. The van der Waals surface area contributed by atoms with Gasteiger partial charge in [-0.3, -0.25) is 0 Å². The number of methoxy groups -OCH3 is 1. The lowest BCUT2D eigenvalue weighted by atomic mass is 10.2. The van der Waals surface area contributed by atoms with E-state index in [9.17, 15) is 4.79 Å². The molecule has 8 heteroatoms. The molecule has 0 spiro atoms. The van der Waals surface area contributed by atoms with Crippen molar-refractivity contribution in [2.24, 2.45) is 0 Å². The molecule has 0 saturated heterocycles. The van der Waals surface area contributed by atoms with Crippen molar-refractivity contribution in [3.05, 3.63) is 27.5 Å². The van der Waals surface area contributed by atoms with Crippen molar-refractivity contribution in [3.8, 4) is 0 Å². The van der Waals surface area contributed by atoms with Gasteiger partial charge in [0.2, 0.25) is 0 Å². The zero-order chi connectivity index (χ0) is 13.8. The molecule has 1 N–H and O–H groups in total. The number of aromatic carboxylic acids is 1. The molecule has 102 valence electrons. The first-order valence-corrected chi connectivity index (χ1v) is 6.55. The summed E-state index contributed by atoms with van der Waals surface area (Å²) < 4.78 is 6.55. The van der Waals surface area contributed by atoms with E-state index in [0.29, 0.717) is 25.3 Å². The molecule has 2 aromatic rings. The molecule has 19 heavy (non-hydrogen) atoms. The van der Waals surface area contributed by atoms with E-state index < -0.39 is 5.97 Å². The summed E-state index contributed by atoms with van der Waals surface area (Å²) in [5.74, 6) is -1.08. The highest BCUT2D eigenvalue weighted by Gasteiger charge is 2.19. The van der Waals surface area contributed by atoms with Gasteiger partial charge in [0, 0.05) is 18.9 Å². The van der Waals surface area contributed by atoms with Gasteiger partial charge < -0.3 is 9.84 Å². The number of aromatic nitrogens is 4. The molecule has 0 atom stereocenters. The van der Waals surface area contributed by atoms with Crippen LogP contribution in [0.2, 0.25) is 0 Å². The molecule has 2 rings (SSSR count). The van der Waals surface area contributed by atoms with Crippen LogP contribution in [0.15, 0.2) is 5.38 Å². The molecule has 0 bridgehead atoms. The number of hydrogen-bond acceptors (Lipinski definition) is 6. The van der Waals surface area contributed by atoms with Gasteiger partial charge in [-0.2, -0.15) is 0 Å². The van der Waals surface area contributed by atoms with Gasteiger partial charge in [-0.1, -0.05) is 5.21 Å². The largest absolute Gasteiger partial charge is 0.476 e. The van der Waals surface area contributed by atoms with E-state index in [1.54, 1.807) is 23.1 Å². The molecular weight excluding hydrogens is 268 g/mol.